The third-order valence-electron chi connectivity index (χ3n) is 2.26. The second kappa shape index (κ2) is 4.94. The molecular formula is C12H11N5. The number of nitriles is 1. The van der Waals surface area contributed by atoms with E-state index in [1.54, 1.807) is 18.3 Å². The van der Waals surface area contributed by atoms with Crippen LogP contribution in [0.1, 0.15) is 18.2 Å². The molecule has 0 aliphatic carbocycles. The lowest BCUT2D eigenvalue weighted by Gasteiger charge is -2.01. The summed E-state index contributed by atoms with van der Waals surface area (Å²) in [4.78, 5) is 0. The quantitative estimate of drug-likeness (QED) is 0.620. The van der Waals surface area contributed by atoms with E-state index < -0.39 is 0 Å². The monoisotopic (exact) mass is 225 g/mol. The molecule has 0 fully saturated rings. The molecule has 0 unspecified atom stereocenters. The van der Waals surface area contributed by atoms with Crippen LogP contribution in [-0.4, -0.2) is 15.9 Å². The molecule has 0 aliphatic rings. The van der Waals surface area contributed by atoms with Gasteiger partial charge < -0.3 is 0 Å². The predicted molar refractivity (Wildman–Crippen MR) is 65.6 cm³/mol. The van der Waals surface area contributed by atoms with E-state index >= 15 is 0 Å². The van der Waals surface area contributed by atoms with Gasteiger partial charge >= 0.3 is 0 Å². The Balaban J connectivity index is 2.07. The van der Waals surface area contributed by atoms with E-state index in [0.717, 1.165) is 17.1 Å². The SMILES string of the molecule is CC(=NNc1ccc(C#N)cc1)c1ccn[nH]1. The molecule has 2 N–H and O–H groups in total. The largest absolute Gasteiger partial charge is 0.278 e. The van der Waals surface area contributed by atoms with E-state index in [1.165, 1.54) is 0 Å². The lowest BCUT2D eigenvalue weighted by Crippen LogP contribution is -2.00. The van der Waals surface area contributed by atoms with Crippen LogP contribution in [0, 0.1) is 11.3 Å². The number of aromatic nitrogens is 2. The van der Waals surface area contributed by atoms with Crippen LogP contribution in [0.15, 0.2) is 41.6 Å². The molecule has 0 aliphatic heterocycles. The molecule has 5 heteroatoms. The molecule has 0 amide bonds. The Morgan fingerprint density at radius 2 is 2.12 bits per heavy atom. The van der Waals surface area contributed by atoms with Gasteiger partial charge in [-0.1, -0.05) is 0 Å². The number of anilines is 1. The summed E-state index contributed by atoms with van der Waals surface area (Å²) >= 11 is 0. The van der Waals surface area contributed by atoms with Crippen molar-refractivity contribution in [3.05, 3.63) is 47.8 Å². The number of nitrogens with one attached hydrogen (secondary N) is 2. The van der Waals surface area contributed by atoms with E-state index in [0.29, 0.717) is 5.56 Å². The highest BCUT2D eigenvalue weighted by Crippen LogP contribution is 2.09. The molecular weight excluding hydrogens is 214 g/mol. The molecule has 1 heterocycles. The number of hydrogen-bond acceptors (Lipinski definition) is 4. The molecule has 0 saturated heterocycles. The van der Waals surface area contributed by atoms with Crippen LogP contribution in [0.5, 0.6) is 0 Å². The summed E-state index contributed by atoms with van der Waals surface area (Å²) in [6.45, 7) is 1.88. The Bertz CT molecular complexity index is 546. The Labute approximate surface area is 98.8 Å². The molecule has 0 spiro atoms. The van der Waals surface area contributed by atoms with Crippen LogP contribution in [0.3, 0.4) is 0 Å². The molecule has 1 aromatic heterocycles. The Morgan fingerprint density at radius 1 is 1.35 bits per heavy atom. The normalized spacial score (nSPS) is 10.9. The van der Waals surface area contributed by atoms with E-state index in [1.807, 2.05) is 25.1 Å². The first kappa shape index (κ1) is 10.9. The van der Waals surface area contributed by atoms with E-state index in [2.05, 4.69) is 26.8 Å². The number of nitrogens with zero attached hydrogens (tertiary/aromatic N) is 3. The summed E-state index contributed by atoms with van der Waals surface area (Å²) in [5.41, 5.74) is 6.06. The molecule has 0 bridgehead atoms. The van der Waals surface area contributed by atoms with Crippen LogP contribution < -0.4 is 5.43 Å². The van der Waals surface area contributed by atoms with E-state index in [4.69, 9.17) is 5.26 Å². The zero-order valence-corrected chi connectivity index (χ0v) is 9.31. The summed E-state index contributed by atoms with van der Waals surface area (Å²) in [5, 5.41) is 19.5. The second-order valence-corrected chi connectivity index (χ2v) is 3.47. The highest BCUT2D eigenvalue weighted by Gasteiger charge is 1.97. The van der Waals surface area contributed by atoms with Crippen molar-refractivity contribution in [3.63, 3.8) is 0 Å². The molecule has 84 valence electrons. The van der Waals surface area contributed by atoms with Gasteiger partial charge in [0.15, 0.2) is 0 Å². The standard InChI is InChI=1S/C12H11N5/c1-9(12-6-7-14-17-12)15-16-11-4-2-10(8-13)3-5-11/h2-7,16H,1H3,(H,14,17). The molecule has 0 saturated carbocycles. The van der Waals surface area contributed by atoms with Gasteiger partial charge in [0, 0.05) is 6.20 Å². The van der Waals surface area contributed by atoms with Crippen molar-refractivity contribution in [3.8, 4) is 6.07 Å². The van der Waals surface area contributed by atoms with Gasteiger partial charge in [0.25, 0.3) is 0 Å². The first-order valence-corrected chi connectivity index (χ1v) is 5.10. The zero-order chi connectivity index (χ0) is 12.1. The minimum atomic E-state index is 0.629. The maximum absolute atomic E-state index is 8.66. The van der Waals surface area contributed by atoms with Gasteiger partial charge in [0.2, 0.25) is 0 Å². The molecule has 2 aromatic rings. The topological polar surface area (TPSA) is 76.9 Å². The Morgan fingerprint density at radius 3 is 2.71 bits per heavy atom. The molecule has 0 radical (unpaired) electrons. The third kappa shape index (κ3) is 2.69. The first-order valence-electron chi connectivity index (χ1n) is 5.10. The smallest absolute Gasteiger partial charge is 0.0991 e. The number of rotatable bonds is 3. The third-order valence-corrected chi connectivity index (χ3v) is 2.26. The fourth-order valence-electron chi connectivity index (χ4n) is 1.29. The average Bonchev–Trinajstić information content (AvgIpc) is 2.90. The fourth-order valence-corrected chi connectivity index (χ4v) is 1.29. The summed E-state index contributed by atoms with van der Waals surface area (Å²) in [5.74, 6) is 0. The van der Waals surface area contributed by atoms with Gasteiger partial charge in [-0.2, -0.15) is 15.5 Å². The Kier molecular flexibility index (Phi) is 3.17. The average molecular weight is 225 g/mol. The van der Waals surface area contributed by atoms with Crippen LogP contribution in [0.2, 0.25) is 0 Å². The van der Waals surface area contributed by atoms with E-state index in [9.17, 15) is 0 Å². The lowest BCUT2D eigenvalue weighted by molar-refractivity contribution is 1.08. The minimum absolute atomic E-state index is 0.629. The van der Waals surface area contributed by atoms with Crippen molar-refractivity contribution in [2.75, 3.05) is 5.43 Å². The number of aromatic amines is 1. The molecule has 0 atom stereocenters. The van der Waals surface area contributed by atoms with Crippen LogP contribution >= 0.6 is 0 Å². The molecule has 17 heavy (non-hydrogen) atoms. The number of hydrazone groups is 1. The zero-order valence-electron chi connectivity index (χ0n) is 9.31. The molecule has 5 nitrogen and oxygen atoms in total. The van der Waals surface area contributed by atoms with Crippen molar-refractivity contribution in [2.45, 2.75) is 6.92 Å². The predicted octanol–water partition coefficient (Wildman–Crippen LogP) is 2.12. The highest BCUT2D eigenvalue weighted by molar-refractivity contribution is 5.97. The van der Waals surface area contributed by atoms with Gasteiger partial charge in [0.05, 0.1) is 28.7 Å². The minimum Gasteiger partial charge on any atom is -0.278 e. The van der Waals surface area contributed by atoms with Crippen molar-refractivity contribution in [2.24, 2.45) is 5.10 Å². The maximum atomic E-state index is 8.66. The van der Waals surface area contributed by atoms with Gasteiger partial charge in [-0.3, -0.25) is 10.5 Å². The van der Waals surface area contributed by atoms with Crippen LogP contribution in [-0.2, 0) is 0 Å². The second-order valence-electron chi connectivity index (χ2n) is 3.47. The van der Waals surface area contributed by atoms with E-state index in [-0.39, 0.29) is 0 Å². The van der Waals surface area contributed by atoms with Gasteiger partial charge in [-0.15, -0.1) is 0 Å². The number of H-pyrrole nitrogens is 1. The van der Waals surface area contributed by atoms with Gasteiger partial charge in [-0.25, -0.2) is 0 Å². The van der Waals surface area contributed by atoms with Gasteiger partial charge in [-0.05, 0) is 37.3 Å². The number of hydrogen-bond donors (Lipinski definition) is 2. The van der Waals surface area contributed by atoms with Crippen molar-refractivity contribution >= 4 is 11.4 Å². The van der Waals surface area contributed by atoms with Crippen molar-refractivity contribution < 1.29 is 0 Å². The summed E-state index contributed by atoms with van der Waals surface area (Å²) in [7, 11) is 0. The Hall–Kier alpha value is -2.61. The first-order chi connectivity index (χ1) is 8.29. The summed E-state index contributed by atoms with van der Waals surface area (Å²) in [6.07, 6.45) is 1.68. The van der Waals surface area contributed by atoms with Crippen molar-refractivity contribution in [1.29, 1.82) is 5.26 Å². The summed E-state index contributed by atoms with van der Waals surface area (Å²) in [6, 6.07) is 11.0. The van der Waals surface area contributed by atoms with Crippen LogP contribution in [0.25, 0.3) is 0 Å². The fraction of sp³-hybridized carbons (Fsp3) is 0.0833. The van der Waals surface area contributed by atoms with Crippen LogP contribution in [0.4, 0.5) is 5.69 Å². The molecule has 1 aromatic carbocycles. The number of benzene rings is 1. The molecule has 2 rings (SSSR count). The summed E-state index contributed by atoms with van der Waals surface area (Å²) < 4.78 is 0. The lowest BCUT2D eigenvalue weighted by atomic mass is 10.2. The van der Waals surface area contributed by atoms with Crippen molar-refractivity contribution in [1.82, 2.24) is 10.2 Å². The van der Waals surface area contributed by atoms with Gasteiger partial charge in [0.1, 0.15) is 0 Å². The highest BCUT2D eigenvalue weighted by atomic mass is 15.3. The maximum Gasteiger partial charge on any atom is 0.0991 e.